The number of nitrogens with one attached hydrogen (secondary N) is 1. The van der Waals surface area contributed by atoms with Crippen molar-refractivity contribution in [1.82, 2.24) is 10.2 Å². The van der Waals surface area contributed by atoms with Crippen LogP contribution in [0.4, 0.5) is 0 Å². The maximum atomic E-state index is 12.6. The third-order valence-corrected chi connectivity index (χ3v) is 6.46. The number of fused-ring (bicyclic) bond motifs is 1. The average Bonchev–Trinajstić information content (AvgIpc) is 3.22. The molecule has 1 amide bonds. The predicted octanol–water partition coefficient (Wildman–Crippen LogP) is 5.53. The summed E-state index contributed by atoms with van der Waals surface area (Å²) in [5.74, 6) is 1.10. The SMILES string of the molecule is CCCC(=O)N1CC(CNC(C)c2cccc3ccccc23)C(c2ccccc2)C1. The van der Waals surface area contributed by atoms with E-state index in [2.05, 4.69) is 96.9 Å². The minimum Gasteiger partial charge on any atom is -0.342 e. The molecule has 0 bridgehead atoms. The zero-order valence-corrected chi connectivity index (χ0v) is 18.1. The number of benzene rings is 3. The van der Waals surface area contributed by atoms with Gasteiger partial charge in [-0.1, -0.05) is 79.7 Å². The Morgan fingerprint density at radius 2 is 1.73 bits per heavy atom. The first-order valence-corrected chi connectivity index (χ1v) is 11.2. The summed E-state index contributed by atoms with van der Waals surface area (Å²) in [5, 5.41) is 6.38. The normalized spacial score (nSPS) is 19.9. The fourth-order valence-corrected chi connectivity index (χ4v) is 4.80. The van der Waals surface area contributed by atoms with Gasteiger partial charge in [0.15, 0.2) is 0 Å². The molecule has 3 atom stereocenters. The van der Waals surface area contributed by atoms with Crippen LogP contribution in [0.1, 0.15) is 49.8 Å². The summed E-state index contributed by atoms with van der Waals surface area (Å²) in [7, 11) is 0. The maximum absolute atomic E-state index is 12.6. The number of hydrogen-bond acceptors (Lipinski definition) is 2. The maximum Gasteiger partial charge on any atom is 0.222 e. The van der Waals surface area contributed by atoms with Crippen molar-refractivity contribution < 1.29 is 4.79 Å². The van der Waals surface area contributed by atoms with Crippen molar-refractivity contribution in [2.45, 2.75) is 38.6 Å². The summed E-state index contributed by atoms with van der Waals surface area (Å²) < 4.78 is 0. The van der Waals surface area contributed by atoms with E-state index >= 15 is 0 Å². The molecule has 30 heavy (non-hydrogen) atoms. The van der Waals surface area contributed by atoms with Crippen molar-refractivity contribution in [1.29, 1.82) is 0 Å². The molecule has 1 fully saturated rings. The molecule has 3 aromatic rings. The first-order chi connectivity index (χ1) is 14.7. The molecule has 3 nitrogen and oxygen atoms in total. The Kier molecular flexibility index (Phi) is 6.49. The second-order valence-electron chi connectivity index (χ2n) is 8.52. The lowest BCUT2D eigenvalue weighted by Gasteiger charge is -2.23. The molecule has 3 heteroatoms. The number of carbonyl (C=O) groups is 1. The summed E-state index contributed by atoms with van der Waals surface area (Å²) in [6.07, 6.45) is 1.56. The van der Waals surface area contributed by atoms with Crippen LogP contribution >= 0.6 is 0 Å². The molecule has 156 valence electrons. The Morgan fingerprint density at radius 3 is 2.53 bits per heavy atom. The highest BCUT2D eigenvalue weighted by Gasteiger charge is 2.35. The highest BCUT2D eigenvalue weighted by Crippen LogP contribution is 2.33. The number of hydrogen-bond donors (Lipinski definition) is 1. The molecule has 1 heterocycles. The van der Waals surface area contributed by atoms with Crippen molar-refractivity contribution in [2.24, 2.45) is 5.92 Å². The van der Waals surface area contributed by atoms with E-state index in [-0.39, 0.29) is 6.04 Å². The zero-order chi connectivity index (χ0) is 20.9. The van der Waals surface area contributed by atoms with Gasteiger partial charge >= 0.3 is 0 Å². The lowest BCUT2D eigenvalue weighted by molar-refractivity contribution is -0.130. The average molecular weight is 401 g/mol. The van der Waals surface area contributed by atoms with E-state index in [0.29, 0.717) is 24.2 Å². The smallest absolute Gasteiger partial charge is 0.222 e. The van der Waals surface area contributed by atoms with Crippen LogP contribution in [0.2, 0.25) is 0 Å². The fraction of sp³-hybridized carbons (Fsp3) is 0.370. The van der Waals surface area contributed by atoms with E-state index < -0.39 is 0 Å². The van der Waals surface area contributed by atoms with Crippen molar-refractivity contribution in [3.8, 4) is 0 Å². The van der Waals surface area contributed by atoms with Gasteiger partial charge in [-0.15, -0.1) is 0 Å². The quantitative estimate of drug-likeness (QED) is 0.565. The number of rotatable bonds is 7. The van der Waals surface area contributed by atoms with Gasteiger partial charge in [0.2, 0.25) is 5.91 Å². The summed E-state index contributed by atoms with van der Waals surface area (Å²) in [6, 6.07) is 26.1. The Balaban J connectivity index is 1.50. The highest BCUT2D eigenvalue weighted by atomic mass is 16.2. The third-order valence-electron chi connectivity index (χ3n) is 6.46. The van der Waals surface area contributed by atoms with Crippen LogP contribution in [0.25, 0.3) is 10.8 Å². The van der Waals surface area contributed by atoms with Gasteiger partial charge in [-0.25, -0.2) is 0 Å². The second kappa shape index (κ2) is 9.44. The van der Waals surface area contributed by atoms with E-state index in [1.807, 2.05) is 0 Å². The second-order valence-corrected chi connectivity index (χ2v) is 8.52. The van der Waals surface area contributed by atoms with E-state index in [9.17, 15) is 4.79 Å². The van der Waals surface area contributed by atoms with Crippen LogP contribution in [0.15, 0.2) is 72.8 Å². The van der Waals surface area contributed by atoms with E-state index in [0.717, 1.165) is 26.1 Å². The van der Waals surface area contributed by atoms with Gasteiger partial charge in [0.1, 0.15) is 0 Å². The Hall–Kier alpha value is -2.65. The van der Waals surface area contributed by atoms with E-state index in [4.69, 9.17) is 0 Å². The molecular formula is C27H32N2O. The lowest BCUT2D eigenvalue weighted by Crippen LogP contribution is -2.31. The Bertz CT molecular complexity index is 979. The van der Waals surface area contributed by atoms with Crippen LogP contribution in [0, 0.1) is 5.92 Å². The molecule has 0 aromatic heterocycles. The minimum atomic E-state index is 0.257. The summed E-state index contributed by atoms with van der Waals surface area (Å²) in [6.45, 7) is 6.90. The topological polar surface area (TPSA) is 32.3 Å². The van der Waals surface area contributed by atoms with Crippen molar-refractivity contribution in [3.63, 3.8) is 0 Å². The monoisotopic (exact) mass is 400 g/mol. The highest BCUT2D eigenvalue weighted by molar-refractivity contribution is 5.86. The number of likely N-dealkylation sites (tertiary alicyclic amines) is 1. The standard InChI is InChI=1S/C27H32N2O/c1-3-10-27(30)29-18-23(26(19-29)22-11-5-4-6-12-22)17-28-20(2)24-16-9-14-21-13-7-8-15-25(21)24/h4-9,11-16,20,23,26,28H,3,10,17-19H2,1-2H3. The first kappa shape index (κ1) is 20.6. The van der Waals surface area contributed by atoms with Crippen molar-refractivity contribution in [3.05, 3.63) is 83.9 Å². The molecule has 3 aromatic carbocycles. The number of nitrogens with zero attached hydrogens (tertiary/aromatic N) is 1. The molecule has 4 rings (SSSR count). The van der Waals surface area contributed by atoms with Crippen LogP contribution in [-0.4, -0.2) is 30.4 Å². The molecular weight excluding hydrogens is 368 g/mol. The van der Waals surface area contributed by atoms with Crippen molar-refractivity contribution >= 4 is 16.7 Å². The van der Waals surface area contributed by atoms with Crippen LogP contribution in [0.5, 0.6) is 0 Å². The molecule has 0 aliphatic carbocycles. The number of carbonyl (C=O) groups excluding carboxylic acids is 1. The summed E-state index contributed by atoms with van der Waals surface area (Å²) in [4.78, 5) is 14.7. The molecule has 1 saturated heterocycles. The minimum absolute atomic E-state index is 0.257. The van der Waals surface area contributed by atoms with Crippen LogP contribution < -0.4 is 5.32 Å². The Morgan fingerprint density at radius 1 is 1.00 bits per heavy atom. The molecule has 0 saturated carbocycles. The first-order valence-electron chi connectivity index (χ1n) is 11.2. The molecule has 1 N–H and O–H groups in total. The van der Waals surface area contributed by atoms with Gasteiger partial charge in [-0.3, -0.25) is 4.79 Å². The zero-order valence-electron chi connectivity index (χ0n) is 18.1. The largest absolute Gasteiger partial charge is 0.342 e. The fourth-order valence-electron chi connectivity index (χ4n) is 4.80. The summed E-state index contributed by atoms with van der Waals surface area (Å²) >= 11 is 0. The van der Waals surface area contributed by atoms with Gasteiger partial charge in [0.25, 0.3) is 0 Å². The van der Waals surface area contributed by atoms with Gasteiger partial charge < -0.3 is 10.2 Å². The molecule has 1 aliphatic heterocycles. The van der Waals surface area contributed by atoms with Crippen LogP contribution in [0.3, 0.4) is 0 Å². The van der Waals surface area contributed by atoms with E-state index in [1.165, 1.54) is 21.9 Å². The van der Waals surface area contributed by atoms with Gasteiger partial charge in [-0.2, -0.15) is 0 Å². The third kappa shape index (κ3) is 4.41. The van der Waals surface area contributed by atoms with Crippen LogP contribution in [-0.2, 0) is 4.79 Å². The van der Waals surface area contributed by atoms with Gasteiger partial charge in [0, 0.05) is 38.0 Å². The van der Waals surface area contributed by atoms with E-state index in [1.54, 1.807) is 0 Å². The number of amides is 1. The molecule has 0 radical (unpaired) electrons. The molecule has 0 spiro atoms. The van der Waals surface area contributed by atoms with Gasteiger partial charge in [0.05, 0.1) is 0 Å². The molecule has 1 aliphatic rings. The summed E-state index contributed by atoms with van der Waals surface area (Å²) in [5.41, 5.74) is 2.68. The van der Waals surface area contributed by atoms with Gasteiger partial charge in [-0.05, 0) is 41.2 Å². The Labute approximate surface area is 180 Å². The lowest BCUT2D eigenvalue weighted by atomic mass is 9.88. The van der Waals surface area contributed by atoms with Crippen molar-refractivity contribution in [2.75, 3.05) is 19.6 Å². The molecule has 3 unspecified atom stereocenters. The predicted molar refractivity (Wildman–Crippen MR) is 125 cm³/mol.